The molecule has 0 aromatic heterocycles. The third-order valence-corrected chi connectivity index (χ3v) is 3.75. The normalized spacial score (nSPS) is 19.8. The molecule has 1 aromatic rings. The Bertz CT molecular complexity index is 436. The Morgan fingerprint density at radius 1 is 1.12 bits per heavy atom. The first-order valence-corrected chi connectivity index (χ1v) is 6.51. The number of anilines is 1. The van der Waals surface area contributed by atoms with Crippen molar-refractivity contribution >= 4 is 11.6 Å². The first kappa shape index (κ1) is 10.6. The minimum absolute atomic E-state index is 0.0881. The van der Waals surface area contributed by atoms with Crippen LogP contribution in [0.1, 0.15) is 35.2 Å². The van der Waals surface area contributed by atoms with Gasteiger partial charge in [0.1, 0.15) is 0 Å². The third-order valence-electron chi connectivity index (χ3n) is 3.75. The lowest BCUT2D eigenvalue weighted by molar-refractivity contribution is 0.0946. The molecule has 1 amide bonds. The van der Waals surface area contributed by atoms with Crippen molar-refractivity contribution in [3.8, 4) is 0 Å². The van der Waals surface area contributed by atoms with E-state index in [0.717, 1.165) is 31.6 Å². The molecule has 1 aromatic carbocycles. The Morgan fingerprint density at radius 2 is 1.94 bits per heavy atom. The predicted molar refractivity (Wildman–Crippen MR) is 68.5 cm³/mol. The number of hydrogen-bond donors (Lipinski definition) is 1. The van der Waals surface area contributed by atoms with E-state index in [4.69, 9.17) is 0 Å². The van der Waals surface area contributed by atoms with Crippen LogP contribution in [0.2, 0.25) is 0 Å². The Labute approximate surface area is 102 Å². The summed E-state index contributed by atoms with van der Waals surface area (Å²) in [6.45, 7) is 3.05. The topological polar surface area (TPSA) is 32.3 Å². The van der Waals surface area contributed by atoms with Crippen LogP contribution >= 0.6 is 0 Å². The Morgan fingerprint density at radius 3 is 2.76 bits per heavy atom. The Kier molecular flexibility index (Phi) is 2.75. The molecule has 90 valence electrons. The zero-order chi connectivity index (χ0) is 11.7. The van der Waals surface area contributed by atoms with E-state index in [1.165, 1.54) is 30.5 Å². The predicted octanol–water partition coefficient (Wildman–Crippen LogP) is 1.96. The van der Waals surface area contributed by atoms with Crippen molar-refractivity contribution in [3.05, 3.63) is 29.3 Å². The third kappa shape index (κ3) is 1.90. The first-order chi connectivity index (χ1) is 8.36. The number of benzene rings is 1. The van der Waals surface area contributed by atoms with E-state index in [9.17, 15) is 4.79 Å². The number of hydrogen-bond acceptors (Lipinski definition) is 2. The van der Waals surface area contributed by atoms with Crippen LogP contribution < -0.4 is 10.2 Å². The van der Waals surface area contributed by atoms with Crippen LogP contribution in [-0.4, -0.2) is 25.5 Å². The number of nitrogens with one attached hydrogen (secondary N) is 1. The molecule has 2 aliphatic rings. The smallest absolute Gasteiger partial charge is 0.251 e. The summed E-state index contributed by atoms with van der Waals surface area (Å²) in [4.78, 5) is 14.2. The number of rotatable bonds is 1. The van der Waals surface area contributed by atoms with Gasteiger partial charge >= 0.3 is 0 Å². The summed E-state index contributed by atoms with van der Waals surface area (Å²) >= 11 is 0. The number of fused-ring (bicyclic) bond motifs is 1. The van der Waals surface area contributed by atoms with Gasteiger partial charge in [0.25, 0.3) is 5.91 Å². The van der Waals surface area contributed by atoms with Crippen LogP contribution in [0.4, 0.5) is 5.69 Å². The number of carbonyl (C=O) groups is 1. The zero-order valence-corrected chi connectivity index (χ0v) is 10.0. The van der Waals surface area contributed by atoms with Crippen LogP contribution in [0.15, 0.2) is 18.2 Å². The average molecular weight is 230 g/mol. The van der Waals surface area contributed by atoms with Crippen molar-refractivity contribution in [3.63, 3.8) is 0 Å². The fourth-order valence-corrected chi connectivity index (χ4v) is 2.88. The molecule has 0 aliphatic carbocycles. The van der Waals surface area contributed by atoms with E-state index < -0.39 is 0 Å². The second-order valence-corrected chi connectivity index (χ2v) is 4.86. The molecule has 0 bridgehead atoms. The molecule has 0 atom stereocenters. The summed E-state index contributed by atoms with van der Waals surface area (Å²) < 4.78 is 0. The number of amides is 1. The van der Waals surface area contributed by atoms with E-state index in [2.05, 4.69) is 16.3 Å². The van der Waals surface area contributed by atoms with Crippen molar-refractivity contribution in [1.82, 2.24) is 5.32 Å². The maximum atomic E-state index is 11.8. The van der Waals surface area contributed by atoms with Gasteiger partial charge in [-0.25, -0.2) is 0 Å². The standard InChI is InChI=1S/C14H18N2O/c17-14-12-5-4-6-13(11(12)7-8-15-14)16-9-2-1-3-10-16/h4-6H,1-3,7-10H2,(H,15,17). The monoisotopic (exact) mass is 230 g/mol. The van der Waals surface area contributed by atoms with Crippen LogP contribution in [0.5, 0.6) is 0 Å². The summed E-state index contributed by atoms with van der Waals surface area (Å²) in [5.41, 5.74) is 3.41. The maximum absolute atomic E-state index is 11.8. The molecule has 1 fully saturated rings. The highest BCUT2D eigenvalue weighted by Crippen LogP contribution is 2.28. The molecule has 0 radical (unpaired) electrons. The van der Waals surface area contributed by atoms with E-state index in [1.54, 1.807) is 0 Å². The highest BCUT2D eigenvalue weighted by atomic mass is 16.1. The van der Waals surface area contributed by atoms with E-state index in [1.807, 2.05) is 12.1 Å². The van der Waals surface area contributed by atoms with Crippen molar-refractivity contribution < 1.29 is 4.79 Å². The quantitative estimate of drug-likeness (QED) is 0.800. The van der Waals surface area contributed by atoms with E-state index in [-0.39, 0.29) is 5.91 Å². The summed E-state index contributed by atoms with van der Waals surface area (Å²) in [5.74, 6) is 0.0881. The fraction of sp³-hybridized carbons (Fsp3) is 0.500. The SMILES string of the molecule is O=C1NCCc2c1cccc2N1CCCCC1. The van der Waals surface area contributed by atoms with Crippen molar-refractivity contribution in [2.75, 3.05) is 24.5 Å². The molecule has 3 heteroatoms. The summed E-state index contributed by atoms with van der Waals surface area (Å²) in [6, 6.07) is 6.12. The minimum Gasteiger partial charge on any atom is -0.371 e. The molecule has 0 saturated carbocycles. The van der Waals surface area contributed by atoms with E-state index >= 15 is 0 Å². The van der Waals surface area contributed by atoms with Crippen LogP contribution in [-0.2, 0) is 6.42 Å². The summed E-state index contributed by atoms with van der Waals surface area (Å²) in [5, 5.41) is 2.91. The lowest BCUT2D eigenvalue weighted by atomic mass is 9.96. The molecule has 17 heavy (non-hydrogen) atoms. The Balaban J connectivity index is 1.99. The molecule has 2 aliphatic heterocycles. The molecule has 3 nitrogen and oxygen atoms in total. The van der Waals surface area contributed by atoms with Crippen molar-refractivity contribution in [2.24, 2.45) is 0 Å². The van der Waals surface area contributed by atoms with Gasteiger partial charge in [-0.15, -0.1) is 0 Å². The number of piperidine rings is 1. The van der Waals surface area contributed by atoms with Crippen molar-refractivity contribution in [1.29, 1.82) is 0 Å². The molecule has 3 rings (SSSR count). The molecular weight excluding hydrogens is 212 g/mol. The lowest BCUT2D eigenvalue weighted by Crippen LogP contribution is -2.35. The Hall–Kier alpha value is -1.51. The van der Waals surface area contributed by atoms with Crippen LogP contribution in [0.3, 0.4) is 0 Å². The first-order valence-electron chi connectivity index (χ1n) is 6.51. The molecule has 2 heterocycles. The fourth-order valence-electron chi connectivity index (χ4n) is 2.88. The molecular formula is C14H18N2O. The van der Waals surface area contributed by atoms with Gasteiger partial charge in [-0.3, -0.25) is 4.79 Å². The van der Waals surface area contributed by atoms with Gasteiger partial charge in [-0.2, -0.15) is 0 Å². The lowest BCUT2D eigenvalue weighted by Gasteiger charge is -2.32. The minimum atomic E-state index is 0.0881. The summed E-state index contributed by atoms with van der Waals surface area (Å²) in [7, 11) is 0. The van der Waals surface area contributed by atoms with Crippen LogP contribution in [0, 0.1) is 0 Å². The van der Waals surface area contributed by atoms with Crippen LogP contribution in [0.25, 0.3) is 0 Å². The molecule has 1 saturated heterocycles. The van der Waals surface area contributed by atoms with Gasteiger partial charge in [0.15, 0.2) is 0 Å². The summed E-state index contributed by atoms with van der Waals surface area (Å²) in [6.07, 6.45) is 4.85. The molecule has 1 N–H and O–H groups in total. The highest BCUT2D eigenvalue weighted by molar-refractivity contribution is 5.98. The highest BCUT2D eigenvalue weighted by Gasteiger charge is 2.22. The molecule has 0 spiro atoms. The van der Waals surface area contributed by atoms with Gasteiger partial charge in [0, 0.05) is 30.9 Å². The average Bonchev–Trinajstić information content (AvgIpc) is 2.40. The van der Waals surface area contributed by atoms with Gasteiger partial charge < -0.3 is 10.2 Å². The van der Waals surface area contributed by atoms with E-state index in [0.29, 0.717) is 0 Å². The number of nitrogens with zero attached hydrogens (tertiary/aromatic N) is 1. The molecule has 0 unspecified atom stereocenters. The number of carbonyl (C=O) groups excluding carboxylic acids is 1. The van der Waals surface area contributed by atoms with Gasteiger partial charge in [0.05, 0.1) is 0 Å². The second kappa shape index (κ2) is 4.40. The van der Waals surface area contributed by atoms with Gasteiger partial charge in [-0.1, -0.05) is 6.07 Å². The largest absolute Gasteiger partial charge is 0.371 e. The van der Waals surface area contributed by atoms with Crippen molar-refractivity contribution in [2.45, 2.75) is 25.7 Å². The van der Waals surface area contributed by atoms with Gasteiger partial charge in [0.2, 0.25) is 0 Å². The second-order valence-electron chi connectivity index (χ2n) is 4.86. The van der Waals surface area contributed by atoms with Gasteiger partial charge in [-0.05, 0) is 43.4 Å². The zero-order valence-electron chi connectivity index (χ0n) is 10.0. The maximum Gasteiger partial charge on any atom is 0.251 e.